The van der Waals surface area contributed by atoms with Crippen molar-refractivity contribution in [3.05, 3.63) is 64.2 Å². The highest BCUT2D eigenvalue weighted by Gasteiger charge is 2.29. The highest BCUT2D eigenvalue weighted by molar-refractivity contribution is 6.31. The van der Waals surface area contributed by atoms with Crippen molar-refractivity contribution in [3.8, 4) is 5.75 Å². The molecule has 0 aliphatic heterocycles. The summed E-state index contributed by atoms with van der Waals surface area (Å²) in [4.78, 5) is 0. The lowest BCUT2D eigenvalue weighted by atomic mass is 9.96. The minimum absolute atomic E-state index is 0.411. The maximum atomic E-state index is 10.4. The molecule has 0 aromatic heterocycles. The van der Waals surface area contributed by atoms with Gasteiger partial charge in [0, 0.05) is 5.02 Å². The predicted molar refractivity (Wildman–Crippen MR) is 111 cm³/mol. The molecule has 0 fully saturated rings. The second-order valence-electron chi connectivity index (χ2n) is 6.88. The largest absolute Gasteiger partial charge is 0.494 e. The van der Waals surface area contributed by atoms with Gasteiger partial charge in [0.05, 0.1) is 25.9 Å². The van der Waals surface area contributed by atoms with Gasteiger partial charge >= 0.3 is 0 Å². The summed E-state index contributed by atoms with van der Waals surface area (Å²) in [6, 6.07) is 12.9. The summed E-state index contributed by atoms with van der Waals surface area (Å²) in [6.07, 6.45) is -3.56. The predicted octanol–water partition coefficient (Wildman–Crippen LogP) is 2.48. The van der Waals surface area contributed by atoms with Crippen LogP contribution in [-0.2, 0) is 11.2 Å². The Labute approximate surface area is 176 Å². The number of aliphatic hydroxyl groups is 4. The highest BCUT2D eigenvalue weighted by atomic mass is 35.5. The minimum atomic E-state index is -1.24. The summed E-state index contributed by atoms with van der Waals surface area (Å²) in [7, 11) is 0. The average molecular weight is 425 g/mol. The van der Waals surface area contributed by atoms with Gasteiger partial charge in [-0.15, -0.1) is 0 Å². The van der Waals surface area contributed by atoms with Crippen LogP contribution in [0.2, 0.25) is 5.02 Å². The Morgan fingerprint density at radius 3 is 2.21 bits per heavy atom. The van der Waals surface area contributed by atoms with Crippen LogP contribution in [0.3, 0.4) is 0 Å². The zero-order valence-electron chi connectivity index (χ0n) is 16.7. The lowest BCUT2D eigenvalue weighted by molar-refractivity contribution is -0.133. The number of rotatable bonds is 11. The van der Waals surface area contributed by atoms with E-state index >= 15 is 0 Å². The van der Waals surface area contributed by atoms with Crippen molar-refractivity contribution in [2.75, 3.05) is 19.8 Å². The third-order valence-electron chi connectivity index (χ3n) is 4.58. The summed E-state index contributed by atoms with van der Waals surface area (Å²) in [6.45, 7) is 3.16. The molecule has 3 atom stereocenters. The van der Waals surface area contributed by atoms with E-state index in [-0.39, 0.29) is 0 Å². The van der Waals surface area contributed by atoms with Gasteiger partial charge in [-0.05, 0) is 55.2 Å². The van der Waals surface area contributed by atoms with Crippen LogP contribution in [0, 0.1) is 0 Å². The minimum Gasteiger partial charge on any atom is -0.494 e. The molecule has 0 radical (unpaired) electrons. The SMILES string of the molecule is CCOc1ccc(Cc2cc([C@H](OC(CO)CO)[C@H](O)[C@H](C)O)ccc2Cl)cc1. The molecule has 29 heavy (non-hydrogen) atoms. The van der Waals surface area contributed by atoms with Crippen LogP contribution in [0.15, 0.2) is 42.5 Å². The number of hydrogen-bond acceptors (Lipinski definition) is 6. The third-order valence-corrected chi connectivity index (χ3v) is 4.95. The fourth-order valence-corrected chi connectivity index (χ4v) is 3.14. The van der Waals surface area contributed by atoms with E-state index in [4.69, 9.17) is 21.1 Å². The van der Waals surface area contributed by atoms with Gasteiger partial charge in [0.25, 0.3) is 0 Å². The Hall–Kier alpha value is -1.67. The number of benzene rings is 2. The summed E-state index contributed by atoms with van der Waals surface area (Å²) in [5, 5.41) is 39.5. The monoisotopic (exact) mass is 424 g/mol. The van der Waals surface area contributed by atoms with E-state index in [0.29, 0.717) is 23.6 Å². The molecule has 0 aliphatic carbocycles. The van der Waals surface area contributed by atoms with Crippen molar-refractivity contribution in [1.82, 2.24) is 0 Å². The van der Waals surface area contributed by atoms with E-state index < -0.39 is 37.6 Å². The fraction of sp³-hybridized carbons (Fsp3) is 0.455. The lowest BCUT2D eigenvalue weighted by Gasteiger charge is -2.29. The zero-order valence-corrected chi connectivity index (χ0v) is 17.4. The molecule has 0 unspecified atom stereocenters. The van der Waals surface area contributed by atoms with Gasteiger partial charge in [-0.3, -0.25) is 0 Å². The molecular weight excluding hydrogens is 396 g/mol. The number of aliphatic hydroxyl groups excluding tert-OH is 4. The molecule has 0 saturated carbocycles. The number of ether oxygens (including phenoxy) is 2. The van der Waals surface area contributed by atoms with E-state index in [1.807, 2.05) is 31.2 Å². The van der Waals surface area contributed by atoms with Gasteiger partial charge in [-0.25, -0.2) is 0 Å². The second-order valence-corrected chi connectivity index (χ2v) is 7.29. The number of halogens is 1. The van der Waals surface area contributed by atoms with E-state index in [9.17, 15) is 20.4 Å². The van der Waals surface area contributed by atoms with E-state index in [0.717, 1.165) is 16.9 Å². The quantitative estimate of drug-likeness (QED) is 0.442. The maximum absolute atomic E-state index is 10.4. The van der Waals surface area contributed by atoms with Gasteiger partial charge in [0.15, 0.2) is 0 Å². The summed E-state index contributed by atoms with van der Waals surface area (Å²) >= 11 is 6.38. The van der Waals surface area contributed by atoms with Crippen molar-refractivity contribution in [3.63, 3.8) is 0 Å². The molecule has 0 heterocycles. The number of hydrogen-bond donors (Lipinski definition) is 4. The fourth-order valence-electron chi connectivity index (χ4n) is 2.96. The van der Waals surface area contributed by atoms with Crippen LogP contribution in [0.1, 0.15) is 36.6 Å². The molecule has 4 N–H and O–H groups in total. The first-order valence-corrected chi connectivity index (χ1v) is 10.0. The molecule has 0 aliphatic rings. The van der Waals surface area contributed by atoms with Gasteiger partial charge < -0.3 is 29.9 Å². The molecule has 0 spiro atoms. The molecule has 160 valence electrons. The maximum Gasteiger partial charge on any atom is 0.119 e. The molecule has 2 aromatic carbocycles. The standard InChI is InChI=1S/C22H29ClO6/c1-3-28-18-7-4-15(5-8-18)10-17-11-16(6-9-20(17)23)22(21(27)14(2)26)29-19(12-24)13-25/h4-9,11,14,19,21-22,24-27H,3,10,12-13H2,1-2H3/t14-,21+,22-/m0/s1. The molecule has 0 amide bonds. The average Bonchev–Trinajstić information content (AvgIpc) is 2.72. The van der Waals surface area contributed by atoms with E-state index in [1.54, 1.807) is 18.2 Å². The third kappa shape index (κ3) is 6.67. The molecule has 6 nitrogen and oxygen atoms in total. The lowest BCUT2D eigenvalue weighted by Crippen LogP contribution is -2.36. The molecule has 0 bridgehead atoms. The zero-order chi connectivity index (χ0) is 21.4. The van der Waals surface area contributed by atoms with Crippen LogP contribution in [-0.4, -0.2) is 58.6 Å². The summed E-state index contributed by atoms with van der Waals surface area (Å²) < 4.78 is 11.1. The Morgan fingerprint density at radius 1 is 1.00 bits per heavy atom. The Bertz CT molecular complexity index is 745. The van der Waals surface area contributed by atoms with Crippen LogP contribution in [0.5, 0.6) is 5.75 Å². The summed E-state index contributed by atoms with van der Waals surface area (Å²) in [5.74, 6) is 0.795. The van der Waals surface area contributed by atoms with Gasteiger partial charge in [-0.2, -0.15) is 0 Å². The van der Waals surface area contributed by atoms with Crippen LogP contribution in [0.25, 0.3) is 0 Å². The van der Waals surface area contributed by atoms with Crippen molar-refractivity contribution in [2.24, 2.45) is 0 Å². The first kappa shape index (κ1) is 23.6. The van der Waals surface area contributed by atoms with Crippen molar-refractivity contribution in [1.29, 1.82) is 0 Å². The van der Waals surface area contributed by atoms with Crippen LogP contribution in [0.4, 0.5) is 0 Å². The first-order valence-electron chi connectivity index (χ1n) is 9.62. The molecule has 7 heteroatoms. The van der Waals surface area contributed by atoms with E-state index in [2.05, 4.69) is 0 Å². The Kier molecular flexibility index (Phi) is 9.36. The summed E-state index contributed by atoms with van der Waals surface area (Å²) in [5.41, 5.74) is 2.45. The van der Waals surface area contributed by atoms with Crippen LogP contribution < -0.4 is 4.74 Å². The topological polar surface area (TPSA) is 99.4 Å². The van der Waals surface area contributed by atoms with Gasteiger partial charge in [0.2, 0.25) is 0 Å². The van der Waals surface area contributed by atoms with Crippen molar-refractivity contribution < 1.29 is 29.9 Å². The Morgan fingerprint density at radius 2 is 1.66 bits per heavy atom. The van der Waals surface area contributed by atoms with Crippen molar-refractivity contribution >= 4 is 11.6 Å². The molecular formula is C22H29ClO6. The first-order chi connectivity index (χ1) is 13.9. The van der Waals surface area contributed by atoms with E-state index in [1.165, 1.54) is 6.92 Å². The molecule has 2 aromatic rings. The van der Waals surface area contributed by atoms with Crippen molar-refractivity contribution in [2.45, 2.75) is 44.7 Å². The van der Waals surface area contributed by atoms with Crippen LogP contribution >= 0.6 is 11.6 Å². The Balaban J connectivity index is 2.29. The van der Waals surface area contributed by atoms with Gasteiger partial charge in [0.1, 0.15) is 24.1 Å². The molecule has 2 rings (SSSR count). The normalized spacial score (nSPS) is 14.6. The molecule has 0 saturated heterocycles. The highest BCUT2D eigenvalue weighted by Crippen LogP contribution is 2.30. The second kappa shape index (κ2) is 11.5. The smallest absolute Gasteiger partial charge is 0.119 e. The van der Waals surface area contributed by atoms with Gasteiger partial charge in [-0.1, -0.05) is 35.9 Å².